The van der Waals surface area contributed by atoms with E-state index in [-0.39, 0.29) is 5.82 Å². The molecule has 0 bridgehead atoms. The minimum Gasteiger partial charge on any atom is -0.246 e. The van der Waals surface area contributed by atoms with Gasteiger partial charge >= 0.3 is 0 Å². The van der Waals surface area contributed by atoms with Crippen molar-refractivity contribution in [3.63, 3.8) is 0 Å². The van der Waals surface area contributed by atoms with Crippen molar-refractivity contribution in [1.82, 2.24) is 14.6 Å². The molecule has 0 saturated carbocycles. The SMILES string of the molecule is CC(C)c1ccc(-c2cc3c(SCc4ccc(F)cc4)nccn3n2)cc1. The fraction of sp³-hybridized carbons (Fsp3) is 0.182. The van der Waals surface area contributed by atoms with E-state index in [1.54, 1.807) is 30.1 Å². The summed E-state index contributed by atoms with van der Waals surface area (Å²) in [7, 11) is 0. The van der Waals surface area contributed by atoms with Gasteiger partial charge in [-0.05, 0) is 35.2 Å². The lowest BCUT2D eigenvalue weighted by atomic mass is 10.0. The number of hydrogen-bond donors (Lipinski definition) is 0. The second kappa shape index (κ2) is 7.53. The van der Waals surface area contributed by atoms with Crippen molar-refractivity contribution in [2.45, 2.75) is 30.5 Å². The molecule has 0 aliphatic rings. The summed E-state index contributed by atoms with van der Waals surface area (Å²) in [6.07, 6.45) is 3.63. The maximum atomic E-state index is 13.1. The molecule has 0 spiro atoms. The summed E-state index contributed by atoms with van der Waals surface area (Å²) in [5.41, 5.74) is 5.39. The van der Waals surface area contributed by atoms with Crippen LogP contribution in [0.5, 0.6) is 0 Å². The Labute approximate surface area is 162 Å². The lowest BCUT2D eigenvalue weighted by molar-refractivity contribution is 0.627. The van der Waals surface area contributed by atoms with Crippen LogP contribution in [0.25, 0.3) is 16.8 Å². The van der Waals surface area contributed by atoms with Crippen LogP contribution >= 0.6 is 11.8 Å². The highest BCUT2D eigenvalue weighted by Crippen LogP contribution is 2.28. The van der Waals surface area contributed by atoms with Crippen LogP contribution in [0.3, 0.4) is 0 Å². The highest BCUT2D eigenvalue weighted by Gasteiger charge is 2.10. The van der Waals surface area contributed by atoms with Crippen LogP contribution in [0.1, 0.15) is 30.9 Å². The Balaban J connectivity index is 1.60. The minimum absolute atomic E-state index is 0.215. The predicted octanol–water partition coefficient (Wildman–Crippen LogP) is 5.95. The third-order valence-electron chi connectivity index (χ3n) is 4.52. The Morgan fingerprint density at radius 1 is 1.04 bits per heavy atom. The third kappa shape index (κ3) is 3.88. The van der Waals surface area contributed by atoms with Gasteiger partial charge in [-0.2, -0.15) is 5.10 Å². The first-order chi connectivity index (χ1) is 13.1. The fourth-order valence-corrected chi connectivity index (χ4v) is 3.85. The van der Waals surface area contributed by atoms with Crippen LogP contribution in [-0.2, 0) is 5.75 Å². The molecule has 0 amide bonds. The maximum absolute atomic E-state index is 13.1. The quantitative estimate of drug-likeness (QED) is 0.403. The second-order valence-corrected chi connectivity index (χ2v) is 7.75. The van der Waals surface area contributed by atoms with E-state index < -0.39 is 0 Å². The van der Waals surface area contributed by atoms with Crippen molar-refractivity contribution in [3.05, 3.63) is 83.9 Å². The van der Waals surface area contributed by atoms with Gasteiger partial charge in [-0.3, -0.25) is 0 Å². The van der Waals surface area contributed by atoms with Gasteiger partial charge in [0.05, 0.1) is 11.2 Å². The van der Waals surface area contributed by atoms with Crippen molar-refractivity contribution >= 4 is 17.3 Å². The van der Waals surface area contributed by atoms with Crippen molar-refractivity contribution in [2.75, 3.05) is 0 Å². The lowest BCUT2D eigenvalue weighted by Crippen LogP contribution is -1.91. The summed E-state index contributed by atoms with van der Waals surface area (Å²) in [6, 6.07) is 17.2. The summed E-state index contributed by atoms with van der Waals surface area (Å²) in [5.74, 6) is 1.03. The molecule has 5 heteroatoms. The van der Waals surface area contributed by atoms with Crippen LogP contribution in [0.15, 0.2) is 72.0 Å². The number of aromatic nitrogens is 3. The monoisotopic (exact) mass is 377 g/mol. The van der Waals surface area contributed by atoms with Gasteiger partial charge in [0.25, 0.3) is 0 Å². The normalized spacial score (nSPS) is 11.4. The summed E-state index contributed by atoms with van der Waals surface area (Å²) >= 11 is 1.63. The minimum atomic E-state index is -0.215. The van der Waals surface area contributed by atoms with Crippen LogP contribution in [-0.4, -0.2) is 14.6 Å². The number of nitrogens with zero attached hydrogens (tertiary/aromatic N) is 3. The molecule has 3 nitrogen and oxygen atoms in total. The summed E-state index contributed by atoms with van der Waals surface area (Å²) in [4.78, 5) is 4.51. The average molecular weight is 377 g/mol. The second-order valence-electron chi connectivity index (χ2n) is 6.78. The number of thioether (sulfide) groups is 1. The molecular weight excluding hydrogens is 357 g/mol. The van der Waals surface area contributed by atoms with Gasteiger partial charge in [0.15, 0.2) is 0 Å². The Bertz CT molecular complexity index is 1050. The molecule has 0 radical (unpaired) electrons. The summed E-state index contributed by atoms with van der Waals surface area (Å²) in [6.45, 7) is 4.38. The highest BCUT2D eigenvalue weighted by atomic mass is 32.2. The van der Waals surface area contributed by atoms with Gasteiger partial charge in [0, 0.05) is 23.7 Å². The van der Waals surface area contributed by atoms with E-state index in [1.807, 2.05) is 10.7 Å². The van der Waals surface area contributed by atoms with E-state index in [4.69, 9.17) is 5.10 Å². The van der Waals surface area contributed by atoms with E-state index in [9.17, 15) is 4.39 Å². The van der Waals surface area contributed by atoms with Crippen LogP contribution in [0.2, 0.25) is 0 Å². The third-order valence-corrected chi connectivity index (χ3v) is 5.58. The molecule has 2 heterocycles. The molecule has 0 saturated heterocycles. The van der Waals surface area contributed by atoms with Gasteiger partial charge in [0.2, 0.25) is 0 Å². The van der Waals surface area contributed by atoms with Crippen molar-refractivity contribution in [3.8, 4) is 11.3 Å². The number of benzene rings is 2. The van der Waals surface area contributed by atoms with Gasteiger partial charge in [-0.25, -0.2) is 13.9 Å². The first-order valence-corrected chi connectivity index (χ1v) is 9.90. The van der Waals surface area contributed by atoms with Crippen LogP contribution in [0, 0.1) is 5.82 Å². The number of halogens is 1. The van der Waals surface area contributed by atoms with E-state index >= 15 is 0 Å². The molecule has 2 aromatic carbocycles. The molecule has 2 aromatic heterocycles. The molecule has 0 atom stereocenters. The number of fused-ring (bicyclic) bond motifs is 1. The molecule has 4 rings (SSSR count). The molecule has 136 valence electrons. The molecule has 27 heavy (non-hydrogen) atoms. The van der Waals surface area contributed by atoms with E-state index in [0.717, 1.165) is 33.1 Å². The van der Waals surface area contributed by atoms with Crippen LogP contribution in [0.4, 0.5) is 4.39 Å². The standard InChI is InChI=1S/C22H20FN3S/c1-15(2)17-5-7-18(8-6-17)20-13-21-22(24-11-12-26(21)25-20)27-14-16-3-9-19(23)10-4-16/h3-13,15H,14H2,1-2H3. The van der Waals surface area contributed by atoms with E-state index in [2.05, 4.69) is 49.2 Å². The highest BCUT2D eigenvalue weighted by molar-refractivity contribution is 7.98. The van der Waals surface area contributed by atoms with Gasteiger partial charge in [-0.1, -0.05) is 62.0 Å². The fourth-order valence-electron chi connectivity index (χ4n) is 2.92. The van der Waals surface area contributed by atoms with E-state index in [1.165, 1.54) is 17.7 Å². The van der Waals surface area contributed by atoms with Gasteiger partial charge in [0.1, 0.15) is 10.8 Å². The molecule has 0 unspecified atom stereocenters. The van der Waals surface area contributed by atoms with Crippen molar-refractivity contribution in [1.29, 1.82) is 0 Å². The number of rotatable bonds is 5. The zero-order valence-corrected chi connectivity index (χ0v) is 16.1. The van der Waals surface area contributed by atoms with Gasteiger partial charge in [-0.15, -0.1) is 0 Å². The van der Waals surface area contributed by atoms with Crippen molar-refractivity contribution < 1.29 is 4.39 Å². The summed E-state index contributed by atoms with van der Waals surface area (Å²) < 4.78 is 14.9. The van der Waals surface area contributed by atoms with Crippen molar-refractivity contribution in [2.24, 2.45) is 0 Å². The smallest absolute Gasteiger partial charge is 0.123 e. The topological polar surface area (TPSA) is 30.2 Å². The maximum Gasteiger partial charge on any atom is 0.123 e. The van der Waals surface area contributed by atoms with Gasteiger partial charge < -0.3 is 0 Å². The summed E-state index contributed by atoms with van der Waals surface area (Å²) in [5, 5.41) is 5.61. The lowest BCUT2D eigenvalue weighted by Gasteiger charge is -2.05. The Kier molecular flexibility index (Phi) is 4.94. The predicted molar refractivity (Wildman–Crippen MR) is 108 cm³/mol. The van der Waals surface area contributed by atoms with E-state index in [0.29, 0.717) is 5.92 Å². The molecule has 0 fully saturated rings. The Morgan fingerprint density at radius 2 is 1.78 bits per heavy atom. The average Bonchev–Trinajstić information content (AvgIpc) is 3.12. The molecule has 0 aliphatic heterocycles. The zero-order valence-electron chi connectivity index (χ0n) is 15.3. The molecule has 0 N–H and O–H groups in total. The number of hydrogen-bond acceptors (Lipinski definition) is 3. The van der Waals surface area contributed by atoms with Crippen LogP contribution < -0.4 is 0 Å². The first kappa shape index (κ1) is 17.7. The zero-order chi connectivity index (χ0) is 18.8. The molecule has 4 aromatic rings. The largest absolute Gasteiger partial charge is 0.246 e. The first-order valence-electron chi connectivity index (χ1n) is 8.92. The molecule has 0 aliphatic carbocycles. The Morgan fingerprint density at radius 3 is 2.48 bits per heavy atom. The Hall–Kier alpha value is -2.66. The molecular formula is C22H20FN3S.